The Morgan fingerprint density at radius 3 is 0.697 bits per heavy atom. The van der Waals surface area contributed by atoms with Gasteiger partial charge in [0.2, 0.25) is 0 Å². The lowest BCUT2D eigenvalue weighted by atomic mass is 10.1. The van der Waals surface area contributed by atoms with Crippen molar-refractivity contribution in [3.8, 4) is 23.0 Å². The van der Waals surface area contributed by atoms with Gasteiger partial charge in [-0.3, -0.25) is 0 Å². The summed E-state index contributed by atoms with van der Waals surface area (Å²) in [6.07, 6.45) is 0. The van der Waals surface area contributed by atoms with Crippen molar-refractivity contribution < 1.29 is 117 Å². The lowest BCUT2D eigenvalue weighted by Gasteiger charge is -2.17. The van der Waals surface area contributed by atoms with Crippen LogP contribution in [0.3, 0.4) is 0 Å². The summed E-state index contributed by atoms with van der Waals surface area (Å²) in [6, 6.07) is 61.3. The van der Waals surface area contributed by atoms with Crippen molar-refractivity contribution in [3.05, 3.63) is 222 Å². The van der Waals surface area contributed by atoms with Crippen molar-refractivity contribution in [3.63, 3.8) is 0 Å². The van der Waals surface area contributed by atoms with E-state index in [2.05, 4.69) is 225 Å². The summed E-state index contributed by atoms with van der Waals surface area (Å²) in [7, 11) is -15.3. The van der Waals surface area contributed by atoms with Crippen molar-refractivity contribution in [1.82, 2.24) is 0 Å². The molecular weight excluding hydrogens is 1190 g/mol. The van der Waals surface area contributed by atoms with Crippen molar-refractivity contribution in [2.24, 2.45) is 0 Å². The van der Waals surface area contributed by atoms with E-state index in [1.807, 2.05) is 0 Å². The average Bonchev–Trinajstić information content (AvgIpc) is 3.33. The first-order valence-corrected chi connectivity index (χ1v) is 30.8. The number of benzene rings is 8. The smallest absolute Gasteiger partial charge is 0.357 e. The lowest BCUT2D eigenvalue weighted by molar-refractivity contribution is -2.00. The van der Waals surface area contributed by atoms with E-state index in [9.17, 15) is 0 Å². The molecule has 0 aliphatic heterocycles. The van der Waals surface area contributed by atoms with Crippen LogP contribution in [-0.2, 0) is 21.8 Å². The van der Waals surface area contributed by atoms with Gasteiger partial charge in [-0.15, -0.1) is 30.7 Å². The molecule has 8 aromatic rings. The van der Waals surface area contributed by atoms with E-state index in [1.165, 1.54) is 81.0 Å². The molecule has 0 bridgehead atoms. The molecule has 0 saturated carbocycles. The van der Waals surface area contributed by atoms with Crippen LogP contribution >= 0.6 is 0 Å². The third-order valence-electron chi connectivity index (χ3n) is 11.5. The number of rotatable bonds is 12. The van der Waals surface area contributed by atoms with Crippen LogP contribution in [-0.4, -0.2) is 0 Å². The van der Waals surface area contributed by atoms with Crippen molar-refractivity contribution in [1.29, 1.82) is 0 Å². The zero-order chi connectivity index (χ0) is 56.1. The molecule has 0 unspecified atom stereocenters. The largest absolute Gasteiger partial charge is 0.457 e. The van der Waals surface area contributed by atoms with E-state index < -0.39 is 30.7 Å². The van der Waals surface area contributed by atoms with E-state index >= 15 is 0 Å². The first-order valence-electron chi connectivity index (χ1n) is 22.5. The van der Waals surface area contributed by atoms with E-state index in [1.54, 1.807) is 0 Å². The monoisotopic (exact) mass is 1240 g/mol. The average molecular weight is 1250 g/mol. The number of aryl methyl sites for hydroxylation is 4. The molecule has 0 heterocycles. The Morgan fingerprint density at radius 2 is 0.487 bits per heavy atom. The number of ether oxygens (including phenoxy) is 2. The van der Waals surface area contributed by atoms with Gasteiger partial charge in [0, 0.05) is 22.3 Å². The quantitative estimate of drug-likeness (QED) is 0.0926. The molecule has 0 aliphatic rings. The Labute approximate surface area is 464 Å². The molecule has 0 spiro atoms. The highest BCUT2D eigenvalue weighted by Gasteiger charge is 2.34. The molecule has 8 aromatic carbocycles. The predicted octanol–water partition coefficient (Wildman–Crippen LogP) is -2.21. The van der Waals surface area contributed by atoms with E-state index in [-0.39, 0.29) is 43.0 Å². The Kier molecular flexibility index (Phi) is 22.6. The molecular formula is C56H52Cl3IO14S2. The molecule has 8 rings (SSSR count). The second-order valence-electron chi connectivity index (χ2n) is 16.7. The van der Waals surface area contributed by atoms with Crippen LogP contribution in [0.25, 0.3) is 0 Å². The first kappa shape index (κ1) is 62.0. The van der Waals surface area contributed by atoms with Crippen LogP contribution in [0.15, 0.2) is 199 Å². The van der Waals surface area contributed by atoms with Crippen LogP contribution in [0.4, 0.5) is 0 Å². The van der Waals surface area contributed by atoms with Crippen LogP contribution in [0.2, 0.25) is 0 Å². The van der Waals surface area contributed by atoms with Gasteiger partial charge in [0.15, 0.2) is 36.5 Å². The van der Waals surface area contributed by atoms with Gasteiger partial charge >= 0.3 is 21.2 Å². The molecule has 0 fully saturated rings. The Balaban J connectivity index is 0.000000627. The van der Waals surface area contributed by atoms with Gasteiger partial charge in [-0.2, -0.15) is 0 Å². The molecule has 0 aromatic heterocycles. The molecule has 0 saturated heterocycles. The minimum absolute atomic E-state index is 0.225. The van der Waals surface area contributed by atoms with E-state index in [0.717, 1.165) is 23.0 Å². The topological polar surface area (TPSA) is 295 Å². The molecule has 0 N–H and O–H groups in total. The fraction of sp³-hybridized carbons (Fsp3) is 0.143. The van der Waals surface area contributed by atoms with Gasteiger partial charge in [-0.1, -0.05) is 48.5 Å². The standard InChI is InChI=1S/C56H52IO2S2.3ClHO4/c1-37-13-9-17-53(41(37)5)60(54-18-10-14-38(2)42(54)6)51-33-29-49(30-34-51)58-47-25-21-45(22-26-47)57-46-23-27-48(28-24-46)59-50-31-35-52(36-32-50)61(55-19-11-15-39(3)43(55)7)56-20-12-16-40(4)44(56)8;3*2-1(3,4)5/h9-36H,1-8H3;3*(H,2,3,4,5)/q+3;;;/p-3. The third-order valence-corrected chi connectivity index (χ3v) is 19.2. The highest BCUT2D eigenvalue weighted by Crippen LogP contribution is 2.39. The van der Waals surface area contributed by atoms with Gasteiger partial charge in [-0.05, 0) is 199 Å². The minimum Gasteiger partial charge on any atom is -0.457 e. The minimum atomic E-state index is -4.94. The van der Waals surface area contributed by atoms with Crippen LogP contribution < -0.4 is 86.6 Å². The van der Waals surface area contributed by atoms with Gasteiger partial charge in [0.05, 0.1) is 21.8 Å². The predicted molar refractivity (Wildman–Crippen MR) is 251 cm³/mol. The van der Waals surface area contributed by atoms with E-state index in [4.69, 9.17) is 65.4 Å². The maximum atomic E-state index is 8.49. The second-order valence-corrected chi connectivity index (χ2v) is 25.9. The molecule has 0 amide bonds. The zero-order valence-corrected chi connectivity index (χ0v) is 48.3. The number of hydrogen-bond donors (Lipinski definition) is 0. The van der Waals surface area contributed by atoms with Crippen LogP contribution in [0.1, 0.15) is 44.5 Å². The third kappa shape index (κ3) is 19.9. The molecule has 14 nitrogen and oxygen atoms in total. The second kappa shape index (κ2) is 27.7. The maximum Gasteiger partial charge on any atom is 0.357 e. The van der Waals surface area contributed by atoms with Crippen molar-refractivity contribution in [2.45, 2.75) is 84.8 Å². The number of halogens is 4. The molecule has 20 heteroatoms. The highest BCUT2D eigenvalue weighted by atomic mass is 127. The van der Waals surface area contributed by atoms with Gasteiger partial charge < -0.3 is 9.47 Å². The molecule has 76 heavy (non-hydrogen) atoms. The van der Waals surface area contributed by atoms with E-state index in [0.29, 0.717) is 0 Å². The van der Waals surface area contributed by atoms with Gasteiger partial charge in [0.1, 0.15) is 23.0 Å². The summed E-state index contributed by atoms with van der Waals surface area (Å²) in [5.41, 5.74) is 10.7. The van der Waals surface area contributed by atoms with Crippen LogP contribution in [0.5, 0.6) is 23.0 Å². The SMILES string of the molecule is Cc1cccc([S+](c2ccc(Oc3ccc([I+]c4ccc(Oc5ccc([S+](c6cccc(C)c6C)c6cccc(C)c6C)cc5)cc4)cc3)cc2)c2cccc(C)c2C)c1C.[O-][Cl+3]([O-])([O-])[O-].[O-][Cl+3]([O-])([O-])[O-].[O-][Cl+3]([O-])([O-])[O-]. The maximum absolute atomic E-state index is 8.49. The zero-order valence-electron chi connectivity index (χ0n) is 42.2. The van der Waals surface area contributed by atoms with Gasteiger partial charge in [-0.25, -0.2) is 55.9 Å². The lowest BCUT2D eigenvalue weighted by Crippen LogP contribution is -3.61. The van der Waals surface area contributed by atoms with Crippen molar-refractivity contribution in [2.75, 3.05) is 0 Å². The summed E-state index contributed by atoms with van der Waals surface area (Å²) in [6.45, 7) is 17.8. The van der Waals surface area contributed by atoms with Crippen LogP contribution in [0, 0.1) is 93.3 Å². The summed E-state index contributed by atoms with van der Waals surface area (Å²) < 4.78 is 117. The summed E-state index contributed by atoms with van der Waals surface area (Å²) in [5, 5.41) is 0. The molecule has 400 valence electrons. The molecule has 0 aliphatic carbocycles. The molecule has 0 radical (unpaired) electrons. The molecule has 0 atom stereocenters. The first-order chi connectivity index (χ1) is 35.5. The summed E-state index contributed by atoms with van der Waals surface area (Å²) in [4.78, 5) is 8.08. The normalized spacial score (nSPS) is 11.4. The van der Waals surface area contributed by atoms with Crippen molar-refractivity contribution >= 4 is 21.8 Å². The summed E-state index contributed by atoms with van der Waals surface area (Å²) in [5.74, 6) is 3.36. The highest BCUT2D eigenvalue weighted by molar-refractivity contribution is 7.97. The Morgan fingerprint density at radius 1 is 0.289 bits per heavy atom. The van der Waals surface area contributed by atoms with Gasteiger partial charge in [0.25, 0.3) is 0 Å². The fourth-order valence-electron chi connectivity index (χ4n) is 7.34. The summed E-state index contributed by atoms with van der Waals surface area (Å²) >= 11 is -0.363. The fourth-order valence-corrected chi connectivity index (χ4v) is 14.5. The Hall–Kier alpha value is -4.82. The number of hydrogen-bond acceptors (Lipinski definition) is 14. The Bertz CT molecular complexity index is 2810.